The first-order valence-electron chi connectivity index (χ1n) is 9.34. The van der Waals surface area contributed by atoms with Crippen molar-refractivity contribution in [1.82, 2.24) is 4.57 Å². The third-order valence-electron chi connectivity index (χ3n) is 6.07. The number of anilines is 1. The van der Waals surface area contributed by atoms with E-state index in [0.717, 1.165) is 12.8 Å². The quantitative estimate of drug-likeness (QED) is 0.814. The molecule has 1 aliphatic heterocycles. The van der Waals surface area contributed by atoms with Crippen molar-refractivity contribution in [2.24, 2.45) is 11.1 Å². The van der Waals surface area contributed by atoms with Crippen LogP contribution in [0.5, 0.6) is 0 Å². The summed E-state index contributed by atoms with van der Waals surface area (Å²) in [4.78, 5) is 26.2. The molecule has 1 atom stereocenters. The molecule has 1 unspecified atom stereocenters. The van der Waals surface area contributed by atoms with Crippen LogP contribution in [0.4, 0.5) is 10.1 Å². The largest absolute Gasteiger partial charge is 0.477 e. The van der Waals surface area contributed by atoms with Crippen LogP contribution in [-0.4, -0.2) is 34.8 Å². The molecule has 28 heavy (non-hydrogen) atoms. The highest BCUT2D eigenvalue weighted by atomic mass is 35.5. The molecule has 1 saturated heterocycles. The number of hydrogen-bond donors (Lipinski definition) is 2. The summed E-state index contributed by atoms with van der Waals surface area (Å²) in [6, 6.07) is -0.0762. The average Bonchev–Trinajstić information content (AvgIpc) is 3.39. The molecule has 2 aliphatic rings. The van der Waals surface area contributed by atoms with Crippen molar-refractivity contribution in [1.29, 1.82) is 0 Å². The fraction of sp³-hybridized carbons (Fsp3) is 0.500. The van der Waals surface area contributed by atoms with E-state index in [2.05, 4.69) is 0 Å². The molecule has 2 heterocycles. The minimum absolute atomic E-state index is 0.0424. The molecule has 3 N–H and O–H groups in total. The van der Waals surface area contributed by atoms with E-state index in [1.165, 1.54) is 13.1 Å². The van der Waals surface area contributed by atoms with E-state index in [1.54, 1.807) is 4.57 Å². The minimum Gasteiger partial charge on any atom is -0.477 e. The van der Waals surface area contributed by atoms with Crippen molar-refractivity contribution in [3.63, 3.8) is 0 Å². The zero-order valence-corrected chi connectivity index (χ0v) is 16.8. The summed E-state index contributed by atoms with van der Waals surface area (Å²) in [7, 11) is 0. The van der Waals surface area contributed by atoms with Gasteiger partial charge in [0.2, 0.25) is 5.43 Å². The van der Waals surface area contributed by atoms with Crippen molar-refractivity contribution >= 4 is 34.2 Å². The van der Waals surface area contributed by atoms with Crippen LogP contribution in [0.25, 0.3) is 10.9 Å². The Morgan fingerprint density at radius 1 is 1.39 bits per heavy atom. The summed E-state index contributed by atoms with van der Waals surface area (Å²) >= 11 is 6.69. The smallest absolute Gasteiger partial charge is 0.341 e. The number of carboxylic acid groups (broad SMARTS) is 1. The number of aryl methyl sites for hydroxylation is 1. The lowest BCUT2D eigenvalue weighted by Gasteiger charge is -2.26. The number of pyridine rings is 1. The standard InChI is InChI=1S/C20H23ClFN3O3/c1-9-13-16(25(10-4-5-10)6-11(18(13)26)19(27)28)14(21)17(15(9)22)24-7-12(23)20(2,3)8-24/h6,10,12H,4-5,7-8,23H2,1-3H3,(H,27,28). The van der Waals surface area contributed by atoms with Gasteiger partial charge in [-0.15, -0.1) is 0 Å². The summed E-state index contributed by atoms with van der Waals surface area (Å²) in [5.41, 5.74) is 5.72. The van der Waals surface area contributed by atoms with Gasteiger partial charge in [0.05, 0.1) is 21.6 Å². The molecule has 4 rings (SSSR count). The molecule has 0 bridgehead atoms. The lowest BCUT2D eigenvalue weighted by atomic mass is 9.89. The van der Waals surface area contributed by atoms with Crippen LogP contribution in [-0.2, 0) is 0 Å². The van der Waals surface area contributed by atoms with Gasteiger partial charge in [-0.05, 0) is 25.2 Å². The van der Waals surface area contributed by atoms with Gasteiger partial charge < -0.3 is 20.3 Å². The van der Waals surface area contributed by atoms with Gasteiger partial charge in [-0.1, -0.05) is 25.4 Å². The number of nitrogens with zero attached hydrogens (tertiary/aromatic N) is 2. The summed E-state index contributed by atoms with van der Waals surface area (Å²) in [6.45, 7) is 6.54. The van der Waals surface area contributed by atoms with Crippen LogP contribution in [0.3, 0.4) is 0 Å². The first-order chi connectivity index (χ1) is 13.0. The number of nitrogens with two attached hydrogens (primary N) is 1. The van der Waals surface area contributed by atoms with Gasteiger partial charge in [0.1, 0.15) is 5.56 Å². The monoisotopic (exact) mass is 407 g/mol. The molecule has 1 aromatic heterocycles. The van der Waals surface area contributed by atoms with Gasteiger partial charge in [-0.2, -0.15) is 0 Å². The van der Waals surface area contributed by atoms with Gasteiger partial charge >= 0.3 is 5.97 Å². The Morgan fingerprint density at radius 3 is 2.54 bits per heavy atom. The number of halogens is 2. The molecule has 0 radical (unpaired) electrons. The Bertz CT molecular complexity index is 1080. The maximum atomic E-state index is 15.4. The minimum atomic E-state index is -1.33. The van der Waals surface area contributed by atoms with E-state index >= 15 is 4.39 Å². The van der Waals surface area contributed by atoms with Gasteiger partial charge in [0, 0.05) is 36.9 Å². The van der Waals surface area contributed by atoms with Gasteiger partial charge in [0.25, 0.3) is 0 Å². The Hall–Kier alpha value is -2.12. The first-order valence-corrected chi connectivity index (χ1v) is 9.72. The molecule has 0 spiro atoms. The highest BCUT2D eigenvalue weighted by molar-refractivity contribution is 6.38. The molecular formula is C20H23ClFN3O3. The van der Waals surface area contributed by atoms with Crippen molar-refractivity contribution < 1.29 is 14.3 Å². The Kier molecular flexibility index (Phi) is 4.25. The van der Waals surface area contributed by atoms with Crippen LogP contribution in [0, 0.1) is 18.2 Å². The maximum Gasteiger partial charge on any atom is 0.341 e. The molecule has 2 fully saturated rings. The number of hydrogen-bond acceptors (Lipinski definition) is 4. The summed E-state index contributed by atoms with van der Waals surface area (Å²) < 4.78 is 17.2. The lowest BCUT2D eigenvalue weighted by Crippen LogP contribution is -2.35. The van der Waals surface area contributed by atoms with Crippen molar-refractivity contribution in [2.45, 2.75) is 45.7 Å². The van der Waals surface area contributed by atoms with Crippen LogP contribution >= 0.6 is 11.6 Å². The van der Waals surface area contributed by atoms with Crippen LogP contribution in [0.2, 0.25) is 5.02 Å². The van der Waals surface area contributed by atoms with Crippen molar-refractivity contribution in [3.8, 4) is 0 Å². The predicted molar refractivity (Wildman–Crippen MR) is 107 cm³/mol. The highest BCUT2D eigenvalue weighted by Gasteiger charge is 2.40. The van der Waals surface area contributed by atoms with E-state index in [4.69, 9.17) is 17.3 Å². The second-order valence-corrected chi connectivity index (χ2v) is 8.99. The van der Waals surface area contributed by atoms with Crippen LogP contribution < -0.4 is 16.1 Å². The molecule has 6 nitrogen and oxygen atoms in total. The van der Waals surface area contributed by atoms with Crippen molar-refractivity contribution in [3.05, 3.63) is 38.4 Å². The summed E-state index contributed by atoms with van der Waals surface area (Å²) in [6.07, 6.45) is 3.07. The SMILES string of the molecule is Cc1c(F)c(N2CC(N)C(C)(C)C2)c(Cl)c2c1c(=O)c(C(=O)O)cn2C1CC1. The third-order valence-corrected chi connectivity index (χ3v) is 6.43. The van der Waals surface area contributed by atoms with E-state index in [1.807, 2.05) is 18.7 Å². The fourth-order valence-electron chi connectivity index (χ4n) is 4.10. The molecule has 2 aromatic rings. The van der Waals surface area contributed by atoms with Gasteiger partial charge in [-0.25, -0.2) is 9.18 Å². The third kappa shape index (κ3) is 2.71. The molecule has 1 saturated carbocycles. The second kappa shape index (κ2) is 6.19. The Balaban J connectivity index is 2.06. The number of carboxylic acids is 1. The van der Waals surface area contributed by atoms with E-state index < -0.39 is 17.2 Å². The number of carbonyl (C=O) groups is 1. The number of benzene rings is 1. The molecule has 1 aromatic carbocycles. The highest BCUT2D eigenvalue weighted by Crippen LogP contribution is 2.45. The second-order valence-electron chi connectivity index (χ2n) is 8.62. The van der Waals surface area contributed by atoms with Crippen molar-refractivity contribution in [2.75, 3.05) is 18.0 Å². The van der Waals surface area contributed by atoms with E-state index in [9.17, 15) is 14.7 Å². The zero-order valence-electron chi connectivity index (χ0n) is 16.1. The normalized spacial score (nSPS) is 21.5. The summed E-state index contributed by atoms with van der Waals surface area (Å²) in [5.74, 6) is -1.92. The number of rotatable bonds is 3. The topological polar surface area (TPSA) is 88.6 Å². The van der Waals surface area contributed by atoms with E-state index in [-0.39, 0.29) is 44.7 Å². The number of aromatic carboxylic acids is 1. The number of fused-ring (bicyclic) bond motifs is 1. The van der Waals surface area contributed by atoms with Gasteiger partial charge in [0.15, 0.2) is 5.82 Å². The first kappa shape index (κ1) is 19.2. The van der Waals surface area contributed by atoms with Crippen LogP contribution in [0.1, 0.15) is 48.7 Å². The number of aromatic nitrogens is 1. The Labute approximate surface area is 166 Å². The average molecular weight is 408 g/mol. The van der Waals surface area contributed by atoms with Gasteiger partial charge in [-0.3, -0.25) is 4.79 Å². The maximum absolute atomic E-state index is 15.4. The summed E-state index contributed by atoms with van der Waals surface area (Å²) in [5, 5.41) is 9.62. The molecule has 1 aliphatic carbocycles. The van der Waals surface area contributed by atoms with Crippen LogP contribution in [0.15, 0.2) is 11.0 Å². The predicted octanol–water partition coefficient (Wildman–Crippen LogP) is 3.31. The Morgan fingerprint density at radius 2 is 2.04 bits per heavy atom. The molecule has 150 valence electrons. The molecule has 0 amide bonds. The zero-order chi connectivity index (χ0) is 20.5. The van der Waals surface area contributed by atoms with E-state index in [0.29, 0.717) is 18.6 Å². The fourth-order valence-corrected chi connectivity index (χ4v) is 4.49. The molecule has 8 heteroatoms. The molecular weight excluding hydrogens is 385 g/mol. The lowest BCUT2D eigenvalue weighted by molar-refractivity contribution is 0.0695.